The van der Waals surface area contributed by atoms with Crippen LogP contribution in [-0.2, 0) is 30.0 Å². The van der Waals surface area contributed by atoms with E-state index in [4.69, 9.17) is 16.3 Å². The second-order valence-electron chi connectivity index (χ2n) is 8.91. The zero-order valence-corrected chi connectivity index (χ0v) is 23.4. The van der Waals surface area contributed by atoms with Crippen molar-refractivity contribution in [3.63, 3.8) is 0 Å². The molecule has 4 rings (SSSR count). The molecule has 0 aliphatic rings. The fourth-order valence-electron chi connectivity index (χ4n) is 4.22. The van der Waals surface area contributed by atoms with Crippen molar-refractivity contribution in [2.45, 2.75) is 45.7 Å². The van der Waals surface area contributed by atoms with Gasteiger partial charge in [0.2, 0.25) is 11.7 Å². The SMILES string of the molecule is CCn1nc(C)c(C(=O)c2ccc(S(C)(=O)=O)c(Cn3cc(Cl)cn3)c2C)c1OC(=O)c1cnn(C)c1C. The number of aryl methyl sites for hydroxylation is 3. The monoisotopic (exact) mass is 558 g/mol. The van der Waals surface area contributed by atoms with Crippen LogP contribution >= 0.6 is 11.6 Å². The van der Waals surface area contributed by atoms with Crippen molar-refractivity contribution >= 4 is 33.2 Å². The average Bonchev–Trinajstić information content (AvgIpc) is 3.50. The lowest BCUT2D eigenvalue weighted by Gasteiger charge is -2.16. The molecule has 0 radical (unpaired) electrons. The van der Waals surface area contributed by atoms with Crippen molar-refractivity contribution in [3.05, 3.63) is 75.0 Å². The van der Waals surface area contributed by atoms with Gasteiger partial charge in [-0.25, -0.2) is 17.9 Å². The number of nitrogens with zero attached hydrogens (tertiary/aromatic N) is 6. The summed E-state index contributed by atoms with van der Waals surface area (Å²) in [7, 11) is -1.91. The number of carbonyl (C=O) groups excluding carboxylic acids is 2. The van der Waals surface area contributed by atoms with Crippen molar-refractivity contribution in [2.75, 3.05) is 6.26 Å². The van der Waals surface area contributed by atoms with Gasteiger partial charge in [0.1, 0.15) is 11.1 Å². The standard InChI is InChI=1S/C25H27ClN6O5S/c1-7-32-24(37-25(34)19-11-27-30(5)16(19)4)22(15(3)29-32)23(33)18-8-9-21(38(6,35)36)20(14(18)2)13-31-12-17(26)10-28-31/h8-12H,7,13H2,1-6H3. The van der Waals surface area contributed by atoms with Crippen LogP contribution in [0.25, 0.3) is 0 Å². The smallest absolute Gasteiger partial charge is 0.348 e. The minimum absolute atomic E-state index is 0.00949. The highest BCUT2D eigenvalue weighted by Gasteiger charge is 2.29. The molecule has 0 N–H and O–H groups in total. The molecule has 3 aromatic heterocycles. The molecule has 11 nitrogen and oxygen atoms in total. The van der Waals surface area contributed by atoms with E-state index in [1.807, 2.05) is 6.92 Å². The van der Waals surface area contributed by atoms with Gasteiger partial charge in [-0.1, -0.05) is 11.6 Å². The maximum Gasteiger partial charge on any atom is 0.348 e. The first kappa shape index (κ1) is 27.3. The Kier molecular flexibility index (Phi) is 7.31. The third-order valence-electron chi connectivity index (χ3n) is 6.37. The molecule has 0 saturated heterocycles. The lowest BCUT2D eigenvalue weighted by atomic mass is 9.95. The summed E-state index contributed by atoms with van der Waals surface area (Å²) >= 11 is 5.99. The summed E-state index contributed by atoms with van der Waals surface area (Å²) in [5.74, 6) is -1.11. The molecule has 4 aromatic rings. The van der Waals surface area contributed by atoms with Gasteiger partial charge in [0.05, 0.1) is 34.6 Å². The van der Waals surface area contributed by atoms with Crippen molar-refractivity contribution in [2.24, 2.45) is 7.05 Å². The minimum atomic E-state index is -3.62. The highest BCUT2D eigenvalue weighted by molar-refractivity contribution is 7.90. The predicted octanol–water partition coefficient (Wildman–Crippen LogP) is 3.31. The molecule has 0 fully saturated rings. The first-order valence-electron chi connectivity index (χ1n) is 11.7. The summed E-state index contributed by atoms with van der Waals surface area (Å²) in [5, 5.41) is 13.0. The summed E-state index contributed by atoms with van der Waals surface area (Å²) in [6.07, 6.45) is 5.52. The zero-order chi connectivity index (χ0) is 27.9. The molecule has 0 spiro atoms. The van der Waals surface area contributed by atoms with Crippen molar-refractivity contribution in [1.82, 2.24) is 29.3 Å². The topological polar surface area (TPSA) is 131 Å². The van der Waals surface area contributed by atoms with Crippen LogP contribution in [0, 0.1) is 20.8 Å². The molecule has 0 aliphatic carbocycles. The van der Waals surface area contributed by atoms with Crippen LogP contribution < -0.4 is 4.74 Å². The largest absolute Gasteiger partial charge is 0.403 e. The summed E-state index contributed by atoms with van der Waals surface area (Å²) in [5.41, 5.74) is 2.47. The van der Waals surface area contributed by atoms with E-state index in [1.54, 1.807) is 38.7 Å². The molecular formula is C25H27ClN6O5S. The summed E-state index contributed by atoms with van der Waals surface area (Å²) in [4.78, 5) is 27.0. The zero-order valence-electron chi connectivity index (χ0n) is 21.8. The number of sulfone groups is 1. The number of esters is 1. The van der Waals surface area contributed by atoms with E-state index in [1.165, 1.54) is 33.9 Å². The third kappa shape index (κ3) is 5.01. The summed E-state index contributed by atoms with van der Waals surface area (Å²) in [6.45, 7) is 7.30. The van der Waals surface area contributed by atoms with Gasteiger partial charge in [-0.05, 0) is 51.0 Å². The number of rotatable bonds is 8. The molecule has 38 heavy (non-hydrogen) atoms. The molecule has 200 valence electrons. The van der Waals surface area contributed by atoms with Crippen LogP contribution in [0.2, 0.25) is 5.02 Å². The van der Waals surface area contributed by atoms with Gasteiger partial charge >= 0.3 is 5.97 Å². The number of ether oxygens (including phenoxy) is 1. The Balaban J connectivity index is 1.82. The van der Waals surface area contributed by atoms with Crippen molar-refractivity contribution in [1.29, 1.82) is 0 Å². The second-order valence-corrected chi connectivity index (χ2v) is 11.3. The normalized spacial score (nSPS) is 11.7. The first-order chi connectivity index (χ1) is 17.8. The number of carbonyl (C=O) groups is 2. The van der Waals surface area contributed by atoms with Crippen LogP contribution in [0.4, 0.5) is 0 Å². The number of benzene rings is 1. The Morgan fingerprint density at radius 3 is 2.34 bits per heavy atom. The Morgan fingerprint density at radius 1 is 1.08 bits per heavy atom. The highest BCUT2D eigenvalue weighted by Crippen LogP contribution is 2.31. The molecule has 1 aromatic carbocycles. The van der Waals surface area contributed by atoms with Crippen molar-refractivity contribution < 1.29 is 22.7 Å². The molecule has 0 unspecified atom stereocenters. The van der Waals surface area contributed by atoms with Crippen LogP contribution in [0.1, 0.15) is 55.7 Å². The van der Waals surface area contributed by atoms with E-state index in [-0.39, 0.29) is 34.0 Å². The van der Waals surface area contributed by atoms with Gasteiger partial charge in [-0.2, -0.15) is 15.3 Å². The fraction of sp³-hybridized carbons (Fsp3) is 0.320. The van der Waals surface area contributed by atoms with E-state index >= 15 is 0 Å². The third-order valence-corrected chi connectivity index (χ3v) is 7.75. The molecule has 0 atom stereocenters. The van der Waals surface area contributed by atoms with Crippen LogP contribution in [0.5, 0.6) is 5.88 Å². The Labute approximate surface area is 224 Å². The number of ketones is 1. The second kappa shape index (κ2) is 10.2. The van der Waals surface area contributed by atoms with Gasteiger partial charge in [-0.3, -0.25) is 14.2 Å². The number of halogens is 1. The number of hydrogen-bond donors (Lipinski definition) is 0. The molecule has 0 amide bonds. The van der Waals surface area contributed by atoms with Crippen LogP contribution in [0.15, 0.2) is 35.6 Å². The maximum absolute atomic E-state index is 13.9. The molecule has 3 heterocycles. The fourth-order valence-corrected chi connectivity index (χ4v) is 5.36. The van der Waals surface area contributed by atoms with E-state index in [0.717, 1.165) is 6.26 Å². The van der Waals surface area contributed by atoms with Gasteiger partial charge in [-0.15, -0.1) is 0 Å². The quantitative estimate of drug-likeness (QED) is 0.238. The Hall–Kier alpha value is -3.77. The number of hydrogen-bond acceptors (Lipinski definition) is 8. The van der Waals surface area contributed by atoms with E-state index < -0.39 is 21.6 Å². The molecule has 0 aliphatic heterocycles. The average molecular weight is 559 g/mol. The lowest BCUT2D eigenvalue weighted by Crippen LogP contribution is -2.17. The number of aromatic nitrogens is 6. The molecule has 0 bridgehead atoms. The van der Waals surface area contributed by atoms with E-state index in [9.17, 15) is 18.0 Å². The maximum atomic E-state index is 13.9. The van der Waals surface area contributed by atoms with E-state index in [2.05, 4.69) is 15.3 Å². The minimum Gasteiger partial charge on any atom is -0.403 e. The molecule has 13 heteroatoms. The summed E-state index contributed by atoms with van der Waals surface area (Å²) < 4.78 is 35.3. The van der Waals surface area contributed by atoms with Gasteiger partial charge in [0, 0.05) is 37.3 Å². The Bertz CT molecular complexity index is 1680. The lowest BCUT2D eigenvalue weighted by molar-refractivity contribution is 0.0715. The predicted molar refractivity (Wildman–Crippen MR) is 140 cm³/mol. The highest BCUT2D eigenvalue weighted by atomic mass is 35.5. The van der Waals surface area contributed by atoms with Crippen molar-refractivity contribution in [3.8, 4) is 5.88 Å². The van der Waals surface area contributed by atoms with E-state index in [0.29, 0.717) is 34.1 Å². The van der Waals surface area contributed by atoms with Gasteiger partial charge in [0.25, 0.3) is 0 Å². The molecular weight excluding hydrogens is 532 g/mol. The molecule has 0 saturated carbocycles. The Morgan fingerprint density at radius 2 is 1.79 bits per heavy atom. The summed E-state index contributed by atoms with van der Waals surface area (Å²) in [6, 6.07) is 2.87. The first-order valence-corrected chi connectivity index (χ1v) is 13.9. The van der Waals surface area contributed by atoms with Gasteiger partial charge < -0.3 is 4.74 Å². The van der Waals surface area contributed by atoms with Gasteiger partial charge in [0.15, 0.2) is 9.84 Å². The van der Waals surface area contributed by atoms with Crippen LogP contribution in [-0.4, -0.2) is 55.8 Å². The van der Waals surface area contributed by atoms with Crippen LogP contribution in [0.3, 0.4) is 0 Å².